The van der Waals surface area contributed by atoms with Gasteiger partial charge >= 0.3 is 6.01 Å². The molecule has 2 aromatic carbocycles. The summed E-state index contributed by atoms with van der Waals surface area (Å²) in [7, 11) is 1.67. The molecule has 0 spiro atoms. The van der Waals surface area contributed by atoms with Crippen LogP contribution in [0.1, 0.15) is 5.69 Å². The standard InChI is InChI=1S/C24H19N3O2S2/c1-28-21-11-6-5-10-19(21)27-20(22-12-7-13-30-22)14-25-24(27)29-15-18-16-31-23(26-18)17-8-3-2-4-9-17/h2-14,16H,15H2,1H3. The molecule has 0 saturated heterocycles. The minimum Gasteiger partial charge on any atom is -0.495 e. The molecule has 5 rings (SSSR count). The lowest BCUT2D eigenvalue weighted by molar-refractivity contribution is 0.272. The van der Waals surface area contributed by atoms with E-state index in [1.54, 1.807) is 29.8 Å². The first-order valence-corrected chi connectivity index (χ1v) is 11.5. The van der Waals surface area contributed by atoms with Crippen LogP contribution in [0.15, 0.2) is 83.7 Å². The first kappa shape index (κ1) is 19.5. The van der Waals surface area contributed by atoms with Gasteiger partial charge in [-0.25, -0.2) is 9.97 Å². The van der Waals surface area contributed by atoms with Crippen LogP contribution < -0.4 is 9.47 Å². The Morgan fingerprint density at radius 1 is 0.935 bits per heavy atom. The third kappa shape index (κ3) is 3.97. The molecule has 0 fully saturated rings. The number of rotatable bonds is 7. The predicted molar refractivity (Wildman–Crippen MR) is 125 cm³/mol. The van der Waals surface area contributed by atoms with E-state index in [0.717, 1.165) is 38.3 Å². The molecule has 5 aromatic rings. The van der Waals surface area contributed by atoms with Gasteiger partial charge in [-0.2, -0.15) is 0 Å². The molecule has 154 valence electrons. The molecule has 0 aliphatic rings. The van der Waals surface area contributed by atoms with Crippen molar-refractivity contribution in [3.63, 3.8) is 0 Å². The maximum absolute atomic E-state index is 6.15. The Morgan fingerprint density at radius 2 is 1.77 bits per heavy atom. The lowest BCUT2D eigenvalue weighted by atomic mass is 10.2. The van der Waals surface area contributed by atoms with E-state index in [4.69, 9.17) is 14.5 Å². The van der Waals surface area contributed by atoms with E-state index >= 15 is 0 Å². The van der Waals surface area contributed by atoms with Crippen molar-refractivity contribution in [3.05, 3.63) is 89.4 Å². The Labute approximate surface area is 188 Å². The fourth-order valence-electron chi connectivity index (χ4n) is 3.31. The average Bonchev–Trinajstić information content (AvgIpc) is 3.59. The lowest BCUT2D eigenvalue weighted by Gasteiger charge is -2.14. The number of benzene rings is 2. The minimum absolute atomic E-state index is 0.333. The number of thiazole rings is 1. The van der Waals surface area contributed by atoms with Crippen molar-refractivity contribution in [2.24, 2.45) is 0 Å². The number of ether oxygens (including phenoxy) is 2. The molecule has 0 aliphatic carbocycles. The molecule has 0 radical (unpaired) electrons. The number of para-hydroxylation sites is 2. The van der Waals surface area contributed by atoms with Crippen molar-refractivity contribution in [2.45, 2.75) is 6.61 Å². The van der Waals surface area contributed by atoms with Crippen LogP contribution in [-0.4, -0.2) is 21.6 Å². The molecule has 0 bridgehead atoms. The molecule has 3 aromatic heterocycles. The van der Waals surface area contributed by atoms with Gasteiger partial charge in [0, 0.05) is 10.9 Å². The molecule has 0 atom stereocenters. The average molecular weight is 446 g/mol. The summed E-state index contributed by atoms with van der Waals surface area (Å²) in [5, 5.41) is 5.06. The van der Waals surface area contributed by atoms with Gasteiger partial charge in [0.25, 0.3) is 0 Å². The fourth-order valence-corrected chi connectivity index (χ4v) is 4.84. The van der Waals surface area contributed by atoms with Crippen molar-refractivity contribution in [1.82, 2.24) is 14.5 Å². The van der Waals surface area contributed by atoms with E-state index in [9.17, 15) is 0 Å². The third-order valence-electron chi connectivity index (χ3n) is 4.75. The first-order chi connectivity index (χ1) is 15.3. The zero-order valence-electron chi connectivity index (χ0n) is 16.8. The van der Waals surface area contributed by atoms with Gasteiger partial charge in [0.15, 0.2) is 0 Å². The van der Waals surface area contributed by atoms with Gasteiger partial charge in [-0.1, -0.05) is 48.5 Å². The van der Waals surface area contributed by atoms with Gasteiger partial charge in [0.1, 0.15) is 17.4 Å². The van der Waals surface area contributed by atoms with Crippen LogP contribution in [0.3, 0.4) is 0 Å². The van der Waals surface area contributed by atoms with E-state index in [0.29, 0.717) is 12.6 Å². The van der Waals surface area contributed by atoms with Crippen LogP contribution in [0.25, 0.3) is 26.8 Å². The third-order valence-corrected chi connectivity index (χ3v) is 6.58. The molecule has 0 N–H and O–H groups in total. The number of hydrogen-bond acceptors (Lipinski definition) is 6. The Balaban J connectivity index is 1.47. The van der Waals surface area contributed by atoms with Gasteiger partial charge in [0.05, 0.1) is 35.3 Å². The second-order valence-corrected chi connectivity index (χ2v) is 8.52. The van der Waals surface area contributed by atoms with Crippen LogP contribution in [0, 0.1) is 0 Å². The van der Waals surface area contributed by atoms with Crippen molar-refractivity contribution < 1.29 is 9.47 Å². The number of imidazole rings is 1. The number of hydrogen-bond donors (Lipinski definition) is 0. The molecule has 7 heteroatoms. The molecular weight excluding hydrogens is 426 g/mol. The largest absolute Gasteiger partial charge is 0.495 e. The summed E-state index contributed by atoms with van der Waals surface area (Å²) < 4.78 is 13.7. The smallest absolute Gasteiger partial charge is 0.302 e. The maximum Gasteiger partial charge on any atom is 0.302 e. The summed E-state index contributed by atoms with van der Waals surface area (Å²) in [5.74, 6) is 0.753. The van der Waals surface area contributed by atoms with E-state index < -0.39 is 0 Å². The molecule has 0 aliphatic heterocycles. The van der Waals surface area contributed by atoms with Gasteiger partial charge in [-0.05, 0) is 23.6 Å². The van der Waals surface area contributed by atoms with Crippen LogP contribution >= 0.6 is 22.7 Å². The number of nitrogens with zero attached hydrogens (tertiary/aromatic N) is 3. The molecule has 0 unspecified atom stereocenters. The summed E-state index contributed by atoms with van der Waals surface area (Å²) in [6, 6.07) is 22.6. The van der Waals surface area contributed by atoms with Gasteiger partial charge in [-0.15, -0.1) is 22.7 Å². The number of thiophene rings is 1. The van der Waals surface area contributed by atoms with E-state index in [-0.39, 0.29) is 0 Å². The Hall–Kier alpha value is -3.42. The first-order valence-electron chi connectivity index (χ1n) is 9.71. The van der Waals surface area contributed by atoms with Crippen molar-refractivity contribution >= 4 is 22.7 Å². The second-order valence-electron chi connectivity index (χ2n) is 6.71. The Kier molecular flexibility index (Phi) is 5.52. The fraction of sp³-hybridized carbons (Fsp3) is 0.0833. The SMILES string of the molecule is COc1ccccc1-n1c(-c2cccs2)cnc1OCc1csc(-c2ccccc2)n1. The molecule has 3 heterocycles. The highest BCUT2D eigenvalue weighted by atomic mass is 32.1. The normalized spacial score (nSPS) is 10.9. The summed E-state index contributed by atoms with van der Waals surface area (Å²) >= 11 is 3.27. The van der Waals surface area contributed by atoms with Gasteiger partial charge < -0.3 is 9.47 Å². The van der Waals surface area contributed by atoms with Crippen LogP contribution in [0.5, 0.6) is 11.8 Å². The van der Waals surface area contributed by atoms with E-state index in [1.807, 2.05) is 64.7 Å². The molecule has 31 heavy (non-hydrogen) atoms. The topological polar surface area (TPSA) is 49.2 Å². The number of methoxy groups -OCH3 is 1. The number of aromatic nitrogens is 3. The highest BCUT2D eigenvalue weighted by Crippen LogP contribution is 2.35. The van der Waals surface area contributed by atoms with Crippen molar-refractivity contribution in [3.8, 4) is 38.6 Å². The van der Waals surface area contributed by atoms with Crippen molar-refractivity contribution in [1.29, 1.82) is 0 Å². The molecule has 5 nitrogen and oxygen atoms in total. The molecule has 0 saturated carbocycles. The van der Waals surface area contributed by atoms with Crippen molar-refractivity contribution in [2.75, 3.05) is 7.11 Å². The summed E-state index contributed by atoms with van der Waals surface area (Å²) in [6.45, 7) is 0.333. The summed E-state index contributed by atoms with van der Waals surface area (Å²) in [5.41, 5.74) is 3.81. The van der Waals surface area contributed by atoms with Crippen LogP contribution in [0.4, 0.5) is 0 Å². The summed E-state index contributed by atoms with van der Waals surface area (Å²) in [4.78, 5) is 10.4. The van der Waals surface area contributed by atoms with E-state index in [1.165, 1.54) is 0 Å². The Bertz CT molecular complexity index is 1280. The van der Waals surface area contributed by atoms with Crippen LogP contribution in [0.2, 0.25) is 0 Å². The predicted octanol–water partition coefficient (Wildman–Crippen LogP) is 6.31. The monoisotopic (exact) mass is 445 g/mol. The van der Waals surface area contributed by atoms with Gasteiger partial charge in [-0.3, -0.25) is 4.57 Å². The highest BCUT2D eigenvalue weighted by molar-refractivity contribution is 7.13. The maximum atomic E-state index is 6.15. The molecular formula is C24H19N3O2S2. The summed E-state index contributed by atoms with van der Waals surface area (Å²) in [6.07, 6.45) is 1.84. The van der Waals surface area contributed by atoms with E-state index in [2.05, 4.69) is 28.6 Å². The zero-order valence-corrected chi connectivity index (χ0v) is 18.4. The second kappa shape index (κ2) is 8.75. The molecule has 0 amide bonds. The highest BCUT2D eigenvalue weighted by Gasteiger charge is 2.19. The minimum atomic E-state index is 0.333. The lowest BCUT2D eigenvalue weighted by Crippen LogP contribution is -2.05. The Morgan fingerprint density at radius 3 is 2.58 bits per heavy atom. The zero-order chi connectivity index (χ0) is 21.0. The van der Waals surface area contributed by atoms with Gasteiger partial charge in [0.2, 0.25) is 0 Å². The quantitative estimate of drug-likeness (QED) is 0.294. The van der Waals surface area contributed by atoms with Crippen LogP contribution in [-0.2, 0) is 6.61 Å².